The van der Waals surface area contributed by atoms with Gasteiger partial charge in [0.1, 0.15) is 11.4 Å². The van der Waals surface area contributed by atoms with E-state index in [1.807, 2.05) is 37.3 Å². The van der Waals surface area contributed by atoms with Gasteiger partial charge in [-0.3, -0.25) is 0 Å². The Morgan fingerprint density at radius 3 is 2.88 bits per heavy atom. The molecule has 0 aliphatic carbocycles. The number of carboxylic acid groups (broad SMARTS) is 1. The summed E-state index contributed by atoms with van der Waals surface area (Å²) in [5.74, 6) is -0.347. The van der Waals surface area contributed by atoms with Gasteiger partial charge in [0.05, 0.1) is 15.8 Å². The van der Waals surface area contributed by atoms with Crippen molar-refractivity contribution in [3.05, 3.63) is 63.8 Å². The lowest BCUT2D eigenvalue weighted by Gasteiger charge is -2.06. The van der Waals surface area contributed by atoms with E-state index in [2.05, 4.69) is 5.16 Å². The molecule has 0 radical (unpaired) electrons. The Morgan fingerprint density at radius 1 is 1.32 bits per heavy atom. The first-order valence-corrected chi connectivity index (χ1v) is 8.76. The average molecular weight is 373 g/mol. The van der Waals surface area contributed by atoms with Gasteiger partial charge in [-0.1, -0.05) is 28.9 Å². The summed E-state index contributed by atoms with van der Waals surface area (Å²) in [6.07, 6.45) is 0. The van der Waals surface area contributed by atoms with Gasteiger partial charge in [-0.25, -0.2) is 4.79 Å². The lowest BCUT2D eigenvalue weighted by Crippen LogP contribution is -2.09. The van der Waals surface area contributed by atoms with Crippen molar-refractivity contribution in [3.63, 3.8) is 0 Å². The second kappa shape index (κ2) is 6.06. The Morgan fingerprint density at radius 2 is 2.16 bits per heavy atom. The van der Waals surface area contributed by atoms with Crippen molar-refractivity contribution in [3.8, 4) is 10.6 Å². The van der Waals surface area contributed by atoms with Gasteiger partial charge >= 0.3 is 5.97 Å². The van der Waals surface area contributed by atoms with Gasteiger partial charge in [-0.05, 0) is 36.8 Å². The third kappa shape index (κ3) is 2.83. The number of aryl methyl sites for hydroxylation is 1. The molecule has 1 aromatic carbocycles. The third-order valence-corrected chi connectivity index (χ3v) is 5.32. The van der Waals surface area contributed by atoms with Crippen LogP contribution in [-0.2, 0) is 6.54 Å². The van der Waals surface area contributed by atoms with Gasteiger partial charge in [0, 0.05) is 17.0 Å². The Bertz CT molecular complexity index is 1090. The SMILES string of the molecule is Cc1cccc2c1cc(C(=O)O)n2Cc1cc(-c2ccc(Cl)s2)on1. The summed E-state index contributed by atoms with van der Waals surface area (Å²) >= 11 is 7.36. The van der Waals surface area contributed by atoms with Gasteiger partial charge < -0.3 is 14.2 Å². The van der Waals surface area contributed by atoms with Crippen LogP contribution in [0.2, 0.25) is 4.34 Å². The molecule has 0 saturated carbocycles. The van der Waals surface area contributed by atoms with Crippen molar-refractivity contribution >= 4 is 39.8 Å². The molecular weight excluding hydrogens is 360 g/mol. The molecule has 4 rings (SSSR count). The number of rotatable bonds is 4. The Labute approximate surface area is 152 Å². The van der Waals surface area contributed by atoms with Crippen molar-refractivity contribution in [2.45, 2.75) is 13.5 Å². The quantitative estimate of drug-likeness (QED) is 0.543. The number of hydrogen-bond donors (Lipinski definition) is 1. The van der Waals surface area contributed by atoms with Gasteiger partial charge in [0.15, 0.2) is 5.76 Å². The molecule has 0 fully saturated rings. The summed E-state index contributed by atoms with van der Waals surface area (Å²) < 4.78 is 7.81. The number of fused-ring (bicyclic) bond motifs is 1. The summed E-state index contributed by atoms with van der Waals surface area (Å²) in [5.41, 5.74) is 2.78. The molecule has 5 nitrogen and oxygen atoms in total. The van der Waals surface area contributed by atoms with E-state index in [0.29, 0.717) is 22.3 Å². The summed E-state index contributed by atoms with van der Waals surface area (Å²) in [6, 6.07) is 13.0. The van der Waals surface area contributed by atoms with Gasteiger partial charge in [0.2, 0.25) is 0 Å². The maximum absolute atomic E-state index is 11.6. The minimum Gasteiger partial charge on any atom is -0.477 e. The zero-order chi connectivity index (χ0) is 17.6. The highest BCUT2D eigenvalue weighted by atomic mass is 35.5. The molecule has 0 bridgehead atoms. The van der Waals surface area contributed by atoms with E-state index in [-0.39, 0.29) is 5.69 Å². The van der Waals surface area contributed by atoms with Crippen LogP contribution in [0.15, 0.2) is 47.0 Å². The van der Waals surface area contributed by atoms with E-state index in [1.54, 1.807) is 16.7 Å². The highest BCUT2D eigenvalue weighted by molar-refractivity contribution is 7.19. The summed E-state index contributed by atoms with van der Waals surface area (Å²) in [4.78, 5) is 12.5. The normalized spacial score (nSPS) is 11.3. The van der Waals surface area contributed by atoms with Crippen LogP contribution in [0.25, 0.3) is 21.5 Å². The highest BCUT2D eigenvalue weighted by Gasteiger charge is 2.18. The van der Waals surface area contributed by atoms with E-state index < -0.39 is 5.97 Å². The fraction of sp³-hybridized carbons (Fsp3) is 0.111. The van der Waals surface area contributed by atoms with Crippen LogP contribution >= 0.6 is 22.9 Å². The molecule has 0 saturated heterocycles. The topological polar surface area (TPSA) is 68.3 Å². The van der Waals surface area contributed by atoms with Gasteiger partial charge in [-0.15, -0.1) is 11.3 Å². The fourth-order valence-electron chi connectivity index (χ4n) is 2.89. The first-order chi connectivity index (χ1) is 12.0. The lowest BCUT2D eigenvalue weighted by molar-refractivity contribution is 0.0686. The Hall–Kier alpha value is -2.57. The molecule has 25 heavy (non-hydrogen) atoms. The van der Waals surface area contributed by atoms with E-state index in [4.69, 9.17) is 16.1 Å². The standard InChI is InChI=1S/C18H13ClN2O3S/c1-10-3-2-4-13-12(10)8-14(18(22)23)21(13)9-11-7-15(24-20-11)16-5-6-17(19)25-16/h2-8H,9H2,1H3,(H,22,23). The van der Waals surface area contributed by atoms with Crippen molar-refractivity contribution in [1.29, 1.82) is 0 Å². The van der Waals surface area contributed by atoms with Crippen LogP contribution < -0.4 is 0 Å². The molecule has 0 unspecified atom stereocenters. The van der Waals surface area contributed by atoms with Crippen molar-refractivity contribution in [2.24, 2.45) is 0 Å². The lowest BCUT2D eigenvalue weighted by atomic mass is 10.1. The molecule has 0 aliphatic rings. The first-order valence-electron chi connectivity index (χ1n) is 7.56. The first kappa shape index (κ1) is 15.9. The highest BCUT2D eigenvalue weighted by Crippen LogP contribution is 2.32. The molecular formula is C18H13ClN2O3S. The molecule has 3 aromatic heterocycles. The molecule has 0 atom stereocenters. The van der Waals surface area contributed by atoms with Gasteiger partial charge in [-0.2, -0.15) is 0 Å². The zero-order valence-electron chi connectivity index (χ0n) is 13.2. The number of aromatic nitrogens is 2. The molecule has 0 aliphatic heterocycles. The molecule has 3 heterocycles. The van der Waals surface area contributed by atoms with E-state index >= 15 is 0 Å². The number of thiophene rings is 1. The second-order valence-corrected chi connectivity index (χ2v) is 7.43. The average Bonchev–Trinajstić information content (AvgIpc) is 3.27. The van der Waals surface area contributed by atoms with Crippen molar-refractivity contribution in [2.75, 3.05) is 0 Å². The predicted molar refractivity (Wildman–Crippen MR) is 97.6 cm³/mol. The summed E-state index contributed by atoms with van der Waals surface area (Å²) in [5, 5.41) is 14.5. The van der Waals surface area contributed by atoms with E-state index in [1.165, 1.54) is 11.3 Å². The van der Waals surface area contributed by atoms with Crippen LogP contribution in [0.5, 0.6) is 0 Å². The maximum Gasteiger partial charge on any atom is 0.352 e. The van der Waals surface area contributed by atoms with Crippen molar-refractivity contribution in [1.82, 2.24) is 9.72 Å². The van der Waals surface area contributed by atoms with Crippen LogP contribution in [-0.4, -0.2) is 20.8 Å². The van der Waals surface area contributed by atoms with Crippen LogP contribution in [0.3, 0.4) is 0 Å². The molecule has 0 amide bonds. The Kier molecular flexibility index (Phi) is 3.86. The van der Waals surface area contributed by atoms with Crippen LogP contribution in [0.1, 0.15) is 21.7 Å². The molecule has 7 heteroatoms. The van der Waals surface area contributed by atoms with Crippen LogP contribution in [0, 0.1) is 6.92 Å². The van der Waals surface area contributed by atoms with Crippen LogP contribution in [0.4, 0.5) is 0 Å². The molecule has 1 N–H and O–H groups in total. The molecule has 0 spiro atoms. The number of hydrogen-bond acceptors (Lipinski definition) is 4. The minimum atomic E-state index is -0.968. The van der Waals surface area contributed by atoms with Crippen molar-refractivity contribution < 1.29 is 14.4 Å². The summed E-state index contributed by atoms with van der Waals surface area (Å²) in [6.45, 7) is 2.28. The maximum atomic E-state index is 11.6. The third-order valence-electron chi connectivity index (χ3n) is 4.08. The van der Waals surface area contributed by atoms with Gasteiger partial charge in [0.25, 0.3) is 0 Å². The number of nitrogens with zero attached hydrogens (tertiary/aromatic N) is 2. The molecule has 4 aromatic rings. The zero-order valence-corrected chi connectivity index (χ0v) is 14.8. The Balaban J connectivity index is 1.76. The number of benzene rings is 1. The predicted octanol–water partition coefficient (Wildman–Crippen LogP) is 5.07. The number of carbonyl (C=O) groups is 1. The largest absolute Gasteiger partial charge is 0.477 e. The number of aromatic carboxylic acids is 1. The number of carboxylic acids is 1. The summed E-state index contributed by atoms with van der Waals surface area (Å²) in [7, 11) is 0. The molecule has 126 valence electrons. The fourth-order valence-corrected chi connectivity index (χ4v) is 3.88. The van der Waals surface area contributed by atoms with E-state index in [9.17, 15) is 9.90 Å². The number of halogens is 1. The monoisotopic (exact) mass is 372 g/mol. The second-order valence-electron chi connectivity index (χ2n) is 5.71. The smallest absolute Gasteiger partial charge is 0.352 e. The van der Waals surface area contributed by atoms with E-state index in [0.717, 1.165) is 21.3 Å². The minimum absolute atomic E-state index is 0.230.